The molecule has 8 aromatic rings. The van der Waals surface area contributed by atoms with E-state index in [-0.39, 0.29) is 0 Å². The van der Waals surface area contributed by atoms with Gasteiger partial charge in [-0.15, -0.1) is 0 Å². The van der Waals surface area contributed by atoms with Gasteiger partial charge in [0.25, 0.3) is 0 Å². The molecule has 3 aliphatic rings. The van der Waals surface area contributed by atoms with Gasteiger partial charge >= 0.3 is 0 Å². The standard InChI is InChI=1S/C64H68N4P2/c1-5-29-53(30-6-1)69(54-31-7-2-8-32-54)61-41-21-13-25-49(61)45-65-57-37-17-19-39-59(57)67-47-51-27-15-23-43-63(51)70(55-33-9-3-10-34-55,56-35-11-4-12-36-56)64-44-24-16-28-52(64)48-68-60-40-20-18-38-58(60)66-46-50-26-14-22-42-62(50)69/h1-16,21-36,41-44,57-60,65-68H,17-20,37-40,45-48H2/q+2/t57-,58-,59-,60-/m1/s1. The average Bonchev–Trinajstić information content (AvgIpc) is 3.44. The van der Waals surface area contributed by atoms with Gasteiger partial charge in [0.1, 0.15) is 57.0 Å². The third kappa shape index (κ3) is 9.16. The topological polar surface area (TPSA) is 48.1 Å². The van der Waals surface area contributed by atoms with Crippen LogP contribution in [0.15, 0.2) is 218 Å². The fourth-order valence-corrected chi connectivity index (χ4v) is 21.8. The van der Waals surface area contributed by atoms with E-state index >= 15 is 0 Å². The Morgan fingerprint density at radius 2 is 0.443 bits per heavy atom. The maximum Gasteiger partial charge on any atom is 0.144 e. The van der Waals surface area contributed by atoms with Crippen molar-refractivity contribution < 1.29 is 0 Å². The zero-order valence-corrected chi connectivity index (χ0v) is 42.3. The molecule has 8 aromatic carbocycles. The van der Waals surface area contributed by atoms with Crippen LogP contribution in [-0.4, -0.2) is 24.2 Å². The van der Waals surface area contributed by atoms with E-state index in [4.69, 9.17) is 0 Å². The molecule has 0 amide bonds. The van der Waals surface area contributed by atoms with E-state index in [1.807, 2.05) is 0 Å². The fraction of sp³-hybridized carbons (Fsp3) is 0.250. The molecule has 1 aliphatic heterocycles. The Balaban J connectivity index is 1.08. The van der Waals surface area contributed by atoms with E-state index in [0.717, 1.165) is 51.9 Å². The Hall–Kier alpha value is -5.54. The maximum atomic E-state index is 4.26. The van der Waals surface area contributed by atoms with Gasteiger partial charge in [-0.25, -0.2) is 0 Å². The molecule has 4 nitrogen and oxygen atoms in total. The third-order valence-electron chi connectivity index (χ3n) is 15.7. The number of rotatable bonds is 4. The minimum atomic E-state index is -2.43. The molecule has 6 heteroatoms. The monoisotopic (exact) mass is 954 g/mol. The quantitative estimate of drug-likeness (QED) is 0.133. The summed E-state index contributed by atoms with van der Waals surface area (Å²) in [6, 6.07) is 85.1. The van der Waals surface area contributed by atoms with Crippen molar-refractivity contribution in [1.82, 2.24) is 21.3 Å². The lowest BCUT2D eigenvalue weighted by Gasteiger charge is -2.36. The van der Waals surface area contributed by atoms with Crippen LogP contribution in [0.4, 0.5) is 0 Å². The van der Waals surface area contributed by atoms with Crippen LogP contribution >= 0.6 is 14.5 Å². The summed E-state index contributed by atoms with van der Waals surface area (Å²) in [5.41, 5.74) is 5.55. The molecule has 11 rings (SSSR count). The summed E-state index contributed by atoms with van der Waals surface area (Å²) in [4.78, 5) is 0. The lowest BCUT2D eigenvalue weighted by Crippen LogP contribution is -2.51. The molecule has 1 heterocycles. The summed E-state index contributed by atoms with van der Waals surface area (Å²) >= 11 is 0. The van der Waals surface area contributed by atoms with Crippen LogP contribution in [0.1, 0.15) is 73.6 Å². The van der Waals surface area contributed by atoms with E-state index < -0.39 is 14.5 Å². The smallest absolute Gasteiger partial charge is 0.144 e. The van der Waals surface area contributed by atoms with Crippen molar-refractivity contribution >= 4 is 57.0 Å². The molecule has 2 aliphatic carbocycles. The predicted octanol–water partition coefficient (Wildman–Crippen LogP) is 9.62. The van der Waals surface area contributed by atoms with Gasteiger partial charge in [0.2, 0.25) is 0 Å². The van der Waals surface area contributed by atoms with Crippen LogP contribution < -0.4 is 63.7 Å². The first-order valence-electron chi connectivity index (χ1n) is 26.0. The van der Waals surface area contributed by atoms with Crippen molar-refractivity contribution in [3.05, 3.63) is 241 Å². The van der Waals surface area contributed by atoms with Crippen molar-refractivity contribution in [2.45, 2.75) is 102 Å². The minimum absolute atomic E-state index is 0.336. The second kappa shape index (κ2) is 21.8. The van der Waals surface area contributed by atoms with Gasteiger partial charge in [-0.1, -0.05) is 171 Å². The number of hydrogen-bond donors (Lipinski definition) is 4. The zero-order chi connectivity index (χ0) is 47.0. The van der Waals surface area contributed by atoms with Crippen LogP contribution in [0.2, 0.25) is 0 Å². The Morgan fingerprint density at radius 3 is 0.671 bits per heavy atom. The number of fused-ring (bicyclic) bond motifs is 6. The summed E-state index contributed by atoms with van der Waals surface area (Å²) < 4.78 is 0. The van der Waals surface area contributed by atoms with Crippen molar-refractivity contribution in [3.63, 3.8) is 0 Å². The summed E-state index contributed by atoms with van der Waals surface area (Å²) in [6.45, 7) is 3.22. The van der Waals surface area contributed by atoms with Gasteiger partial charge in [0, 0.05) is 72.6 Å². The average molecular weight is 955 g/mol. The molecule has 0 saturated heterocycles. The second-order valence-electron chi connectivity index (χ2n) is 19.7. The normalized spacial score (nSPS) is 21.6. The molecule has 0 unspecified atom stereocenters. The molecule has 2 saturated carbocycles. The number of nitrogens with one attached hydrogen (secondary N) is 4. The molecule has 0 aromatic heterocycles. The zero-order valence-electron chi connectivity index (χ0n) is 40.5. The second-order valence-corrected chi connectivity index (χ2v) is 26.4. The first-order valence-corrected chi connectivity index (χ1v) is 29.6. The molecule has 0 bridgehead atoms. The Morgan fingerprint density at radius 1 is 0.243 bits per heavy atom. The number of benzene rings is 8. The maximum absolute atomic E-state index is 4.26. The highest BCUT2D eigenvalue weighted by Gasteiger charge is 2.52. The molecule has 352 valence electrons. The first-order chi connectivity index (χ1) is 34.7. The Kier molecular flexibility index (Phi) is 14.6. The highest BCUT2D eigenvalue weighted by Crippen LogP contribution is 2.57. The predicted molar refractivity (Wildman–Crippen MR) is 302 cm³/mol. The van der Waals surface area contributed by atoms with E-state index in [1.165, 1.54) is 90.4 Å². The van der Waals surface area contributed by atoms with Crippen molar-refractivity contribution in [1.29, 1.82) is 0 Å². The molecule has 0 radical (unpaired) electrons. The molecule has 4 N–H and O–H groups in total. The molecular formula is C64H68N4P2+2. The highest BCUT2D eigenvalue weighted by molar-refractivity contribution is 8.02. The SMILES string of the molecule is c1ccc([P+]2(c3ccccc3)c3ccccc3CN[C@@H]3CCCC[C@H]3NCc3ccccc3[P+](c3ccccc3)(c3ccccc3)c3ccccc3CN[C@@H]3CCCC[C@H]3NCc3ccccc32)cc1. The number of hydrogen-bond acceptors (Lipinski definition) is 4. The van der Waals surface area contributed by atoms with Gasteiger partial charge in [-0.2, -0.15) is 0 Å². The minimum Gasteiger partial charge on any atom is -0.308 e. The summed E-state index contributed by atoms with van der Waals surface area (Å²) in [6.07, 6.45) is 9.57. The van der Waals surface area contributed by atoms with E-state index in [2.05, 4.69) is 240 Å². The molecule has 2 fully saturated rings. The van der Waals surface area contributed by atoms with Gasteiger partial charge in [-0.3, -0.25) is 0 Å². The van der Waals surface area contributed by atoms with Gasteiger partial charge in [-0.05, 0) is 98.5 Å². The Bertz CT molecular complexity index is 2540. The van der Waals surface area contributed by atoms with Crippen molar-refractivity contribution in [3.8, 4) is 0 Å². The van der Waals surface area contributed by atoms with E-state index in [9.17, 15) is 0 Å². The van der Waals surface area contributed by atoms with Crippen LogP contribution in [0.5, 0.6) is 0 Å². The van der Waals surface area contributed by atoms with E-state index in [0.29, 0.717) is 24.2 Å². The van der Waals surface area contributed by atoms with Crippen molar-refractivity contribution in [2.24, 2.45) is 0 Å². The van der Waals surface area contributed by atoms with Crippen LogP contribution in [0, 0.1) is 0 Å². The van der Waals surface area contributed by atoms with E-state index in [1.54, 1.807) is 0 Å². The summed E-state index contributed by atoms with van der Waals surface area (Å²) in [5.74, 6) is 0. The Labute approximate surface area is 418 Å². The largest absolute Gasteiger partial charge is 0.308 e. The van der Waals surface area contributed by atoms with Crippen LogP contribution in [0.3, 0.4) is 0 Å². The molecule has 0 spiro atoms. The van der Waals surface area contributed by atoms with Crippen molar-refractivity contribution in [2.75, 3.05) is 0 Å². The third-order valence-corrected chi connectivity index (χ3v) is 24.7. The lowest BCUT2D eigenvalue weighted by molar-refractivity contribution is 0.281. The lowest BCUT2D eigenvalue weighted by atomic mass is 9.90. The molecule has 70 heavy (non-hydrogen) atoms. The van der Waals surface area contributed by atoms with Gasteiger partial charge in [0.05, 0.1) is 0 Å². The van der Waals surface area contributed by atoms with Crippen LogP contribution in [0.25, 0.3) is 0 Å². The first kappa shape index (κ1) is 46.8. The highest BCUT2D eigenvalue weighted by atomic mass is 31.2. The van der Waals surface area contributed by atoms with Gasteiger partial charge in [0.15, 0.2) is 0 Å². The fourth-order valence-electron chi connectivity index (χ4n) is 12.4. The van der Waals surface area contributed by atoms with Gasteiger partial charge < -0.3 is 21.3 Å². The molecule has 4 atom stereocenters. The summed E-state index contributed by atoms with van der Waals surface area (Å²) in [7, 11) is -4.85. The summed E-state index contributed by atoms with van der Waals surface area (Å²) in [5, 5.41) is 28.4. The molecular weight excluding hydrogens is 887 g/mol. The van der Waals surface area contributed by atoms with Crippen LogP contribution in [-0.2, 0) is 26.2 Å².